The van der Waals surface area contributed by atoms with Crippen LogP contribution in [0.4, 0.5) is 0 Å². The van der Waals surface area contributed by atoms with Gasteiger partial charge in [-0.1, -0.05) is 6.07 Å². The standard InChI is InChI=1S/C18H12N6O2/c25-18(26)15-10-24(11-21-15)16-8-14(13-5-1-2-7-20-13)22-17(23-16)12-4-3-6-19-9-12/h1-11H,(H,25,26). The topological polar surface area (TPSA) is 107 Å². The molecule has 0 unspecified atom stereocenters. The van der Waals surface area contributed by atoms with Gasteiger partial charge in [-0.2, -0.15) is 0 Å². The summed E-state index contributed by atoms with van der Waals surface area (Å²) in [6.07, 6.45) is 7.82. The zero-order chi connectivity index (χ0) is 17.9. The number of aromatic carboxylic acids is 1. The number of carboxylic acid groups (broad SMARTS) is 1. The minimum Gasteiger partial charge on any atom is -0.476 e. The van der Waals surface area contributed by atoms with Gasteiger partial charge in [0.15, 0.2) is 11.5 Å². The van der Waals surface area contributed by atoms with E-state index in [2.05, 4.69) is 24.9 Å². The first-order chi connectivity index (χ1) is 12.7. The van der Waals surface area contributed by atoms with Gasteiger partial charge in [-0.05, 0) is 24.3 Å². The molecule has 26 heavy (non-hydrogen) atoms. The molecule has 0 aliphatic heterocycles. The minimum atomic E-state index is -1.10. The minimum absolute atomic E-state index is 0.0640. The maximum atomic E-state index is 11.1. The third-order valence-corrected chi connectivity index (χ3v) is 3.63. The summed E-state index contributed by atoms with van der Waals surface area (Å²) in [6, 6.07) is 10.9. The molecule has 0 radical (unpaired) electrons. The van der Waals surface area contributed by atoms with E-state index in [0.29, 0.717) is 23.0 Å². The van der Waals surface area contributed by atoms with Crippen LogP contribution in [0.3, 0.4) is 0 Å². The van der Waals surface area contributed by atoms with Gasteiger partial charge in [-0.15, -0.1) is 0 Å². The molecule has 0 atom stereocenters. The third-order valence-electron chi connectivity index (χ3n) is 3.63. The smallest absolute Gasteiger partial charge is 0.356 e. The Morgan fingerprint density at radius 1 is 1.00 bits per heavy atom. The lowest BCUT2D eigenvalue weighted by atomic mass is 10.2. The van der Waals surface area contributed by atoms with Crippen molar-refractivity contribution >= 4 is 5.97 Å². The van der Waals surface area contributed by atoms with E-state index in [-0.39, 0.29) is 5.69 Å². The number of rotatable bonds is 4. The maximum absolute atomic E-state index is 11.1. The summed E-state index contributed by atoms with van der Waals surface area (Å²) in [5.74, 6) is -0.156. The lowest BCUT2D eigenvalue weighted by molar-refractivity contribution is 0.0691. The molecule has 1 N–H and O–H groups in total. The van der Waals surface area contributed by atoms with Crippen molar-refractivity contribution in [2.45, 2.75) is 0 Å². The van der Waals surface area contributed by atoms with Crippen LogP contribution in [-0.4, -0.2) is 40.6 Å². The van der Waals surface area contributed by atoms with Gasteiger partial charge in [0.25, 0.3) is 0 Å². The summed E-state index contributed by atoms with van der Waals surface area (Å²) in [6.45, 7) is 0. The van der Waals surface area contributed by atoms with Crippen LogP contribution < -0.4 is 0 Å². The SMILES string of the molecule is O=C(O)c1cn(-c2cc(-c3ccccn3)nc(-c3cccnc3)n2)cn1. The van der Waals surface area contributed by atoms with Crippen molar-refractivity contribution in [2.75, 3.05) is 0 Å². The van der Waals surface area contributed by atoms with E-state index in [1.165, 1.54) is 17.1 Å². The highest BCUT2D eigenvalue weighted by Gasteiger charge is 2.13. The van der Waals surface area contributed by atoms with E-state index in [4.69, 9.17) is 5.11 Å². The van der Waals surface area contributed by atoms with E-state index in [0.717, 1.165) is 5.56 Å². The zero-order valence-corrected chi connectivity index (χ0v) is 13.4. The number of hydrogen-bond acceptors (Lipinski definition) is 6. The molecule has 4 rings (SSSR count). The Bertz CT molecular complexity index is 1010. The van der Waals surface area contributed by atoms with Crippen LogP contribution in [0.15, 0.2) is 67.5 Å². The quantitative estimate of drug-likeness (QED) is 0.606. The van der Waals surface area contributed by atoms with E-state index in [1.807, 2.05) is 24.3 Å². The molecule has 126 valence electrons. The summed E-state index contributed by atoms with van der Waals surface area (Å²) in [5, 5.41) is 9.08. The second-order valence-electron chi connectivity index (χ2n) is 5.36. The van der Waals surface area contributed by atoms with Gasteiger partial charge in [-0.3, -0.25) is 14.5 Å². The normalized spacial score (nSPS) is 10.6. The fourth-order valence-corrected chi connectivity index (χ4v) is 2.39. The summed E-state index contributed by atoms with van der Waals surface area (Å²) in [4.78, 5) is 32.5. The van der Waals surface area contributed by atoms with Gasteiger partial charge in [0.1, 0.15) is 12.1 Å². The van der Waals surface area contributed by atoms with Crippen LogP contribution >= 0.6 is 0 Å². The Morgan fingerprint density at radius 2 is 1.92 bits per heavy atom. The highest BCUT2D eigenvalue weighted by molar-refractivity contribution is 5.85. The van der Waals surface area contributed by atoms with Crippen molar-refractivity contribution in [2.24, 2.45) is 0 Å². The number of aromatic nitrogens is 6. The molecule has 8 nitrogen and oxygen atoms in total. The molecule has 4 aromatic rings. The average molecular weight is 344 g/mol. The van der Waals surface area contributed by atoms with Crippen molar-refractivity contribution in [3.05, 3.63) is 73.2 Å². The van der Waals surface area contributed by atoms with Gasteiger partial charge in [-0.25, -0.2) is 19.7 Å². The Balaban J connectivity index is 1.89. The summed E-state index contributed by atoms with van der Waals surface area (Å²) < 4.78 is 1.54. The van der Waals surface area contributed by atoms with Gasteiger partial charge >= 0.3 is 5.97 Å². The molecule has 4 aromatic heterocycles. The van der Waals surface area contributed by atoms with Gasteiger partial charge in [0.2, 0.25) is 0 Å². The molecule has 0 aromatic carbocycles. The second kappa shape index (κ2) is 6.52. The first-order valence-electron chi connectivity index (χ1n) is 7.69. The van der Waals surface area contributed by atoms with E-state index in [1.54, 1.807) is 30.7 Å². The van der Waals surface area contributed by atoms with Crippen molar-refractivity contribution in [1.82, 2.24) is 29.5 Å². The number of nitrogens with zero attached hydrogens (tertiary/aromatic N) is 6. The Morgan fingerprint density at radius 3 is 2.62 bits per heavy atom. The Hall–Kier alpha value is -3.94. The number of carbonyl (C=O) groups is 1. The average Bonchev–Trinajstić information content (AvgIpc) is 3.20. The van der Waals surface area contributed by atoms with Gasteiger partial charge in [0.05, 0.1) is 11.4 Å². The molecule has 8 heteroatoms. The second-order valence-corrected chi connectivity index (χ2v) is 5.36. The van der Waals surface area contributed by atoms with Crippen molar-refractivity contribution < 1.29 is 9.90 Å². The number of hydrogen-bond donors (Lipinski definition) is 1. The lowest BCUT2D eigenvalue weighted by Gasteiger charge is -2.08. The molecule has 0 aliphatic carbocycles. The molecule has 0 saturated heterocycles. The maximum Gasteiger partial charge on any atom is 0.356 e. The molecular weight excluding hydrogens is 332 g/mol. The summed E-state index contributed by atoms with van der Waals surface area (Å²) >= 11 is 0. The number of carboxylic acids is 1. The zero-order valence-electron chi connectivity index (χ0n) is 13.4. The summed E-state index contributed by atoms with van der Waals surface area (Å²) in [7, 11) is 0. The molecule has 0 bridgehead atoms. The molecule has 4 heterocycles. The van der Waals surface area contributed by atoms with Crippen LogP contribution in [-0.2, 0) is 0 Å². The molecule has 0 spiro atoms. The molecule has 0 aliphatic rings. The third kappa shape index (κ3) is 3.03. The Kier molecular flexibility index (Phi) is 3.91. The van der Waals surface area contributed by atoms with Crippen molar-refractivity contribution in [3.8, 4) is 28.6 Å². The van der Waals surface area contributed by atoms with Gasteiger partial charge < -0.3 is 5.11 Å². The molecule has 0 saturated carbocycles. The molecule has 0 amide bonds. The highest BCUT2D eigenvalue weighted by Crippen LogP contribution is 2.22. The summed E-state index contributed by atoms with van der Waals surface area (Å²) in [5.41, 5.74) is 1.97. The predicted molar refractivity (Wildman–Crippen MR) is 92.6 cm³/mol. The van der Waals surface area contributed by atoms with E-state index >= 15 is 0 Å². The Labute approximate surface area is 147 Å². The largest absolute Gasteiger partial charge is 0.476 e. The fourth-order valence-electron chi connectivity index (χ4n) is 2.39. The van der Waals surface area contributed by atoms with Crippen molar-refractivity contribution in [3.63, 3.8) is 0 Å². The van der Waals surface area contributed by atoms with E-state index < -0.39 is 5.97 Å². The molecule has 0 fully saturated rings. The lowest BCUT2D eigenvalue weighted by Crippen LogP contribution is -2.02. The molecular formula is C18H12N6O2. The van der Waals surface area contributed by atoms with Gasteiger partial charge in [0, 0.05) is 36.4 Å². The van der Waals surface area contributed by atoms with Crippen molar-refractivity contribution in [1.29, 1.82) is 0 Å². The fraction of sp³-hybridized carbons (Fsp3) is 0. The predicted octanol–water partition coefficient (Wildman–Crippen LogP) is 2.48. The highest BCUT2D eigenvalue weighted by atomic mass is 16.4. The van der Waals surface area contributed by atoms with Crippen LogP contribution in [0, 0.1) is 0 Å². The first kappa shape index (κ1) is 15.6. The number of imidazole rings is 1. The van der Waals surface area contributed by atoms with Crippen LogP contribution in [0.25, 0.3) is 28.6 Å². The monoisotopic (exact) mass is 344 g/mol. The first-order valence-corrected chi connectivity index (χ1v) is 7.69. The van der Waals surface area contributed by atoms with Crippen LogP contribution in [0.5, 0.6) is 0 Å². The van der Waals surface area contributed by atoms with Crippen LogP contribution in [0.2, 0.25) is 0 Å². The van der Waals surface area contributed by atoms with E-state index in [9.17, 15) is 4.79 Å². The number of pyridine rings is 2. The van der Waals surface area contributed by atoms with Crippen LogP contribution in [0.1, 0.15) is 10.5 Å².